The average molecular weight is 322 g/mol. The predicted octanol–water partition coefficient (Wildman–Crippen LogP) is 2.94. The van der Waals surface area contributed by atoms with E-state index in [1.165, 1.54) is 5.56 Å². The Balaban J connectivity index is 1.98. The molecule has 0 unspecified atom stereocenters. The minimum atomic E-state index is -3.58. The Kier molecular flexibility index (Phi) is 5.03. The van der Waals surface area contributed by atoms with Gasteiger partial charge in [-0.05, 0) is 37.3 Å². The largest absolute Gasteiger partial charge is 0.360 e. The van der Waals surface area contributed by atoms with Crippen molar-refractivity contribution in [3.05, 3.63) is 46.8 Å². The Morgan fingerprint density at radius 1 is 1.18 bits per heavy atom. The minimum absolute atomic E-state index is 0.141. The van der Waals surface area contributed by atoms with Crippen LogP contribution in [0.25, 0.3) is 0 Å². The molecule has 1 aromatic heterocycles. The maximum Gasteiger partial charge on any atom is 0.245 e. The molecular formula is C16H22N2O3S. The zero-order chi connectivity index (χ0) is 16.3. The smallest absolute Gasteiger partial charge is 0.245 e. The fraction of sp³-hybridized carbons (Fsp3) is 0.438. The van der Waals surface area contributed by atoms with E-state index in [-0.39, 0.29) is 4.90 Å². The van der Waals surface area contributed by atoms with E-state index in [9.17, 15) is 8.42 Å². The summed E-state index contributed by atoms with van der Waals surface area (Å²) in [6.45, 7) is 7.85. The van der Waals surface area contributed by atoms with Crippen molar-refractivity contribution in [3.8, 4) is 0 Å². The first kappa shape index (κ1) is 16.7. The number of hydrogen-bond donors (Lipinski definition) is 1. The van der Waals surface area contributed by atoms with Crippen molar-refractivity contribution in [2.75, 3.05) is 6.54 Å². The van der Waals surface area contributed by atoms with Crippen LogP contribution in [0.2, 0.25) is 0 Å². The number of nitrogens with zero attached hydrogens (tertiary/aromatic N) is 1. The topological polar surface area (TPSA) is 72.2 Å². The molecule has 22 heavy (non-hydrogen) atoms. The number of sulfonamides is 1. The maximum atomic E-state index is 12.3. The molecule has 0 fully saturated rings. The fourth-order valence-electron chi connectivity index (χ4n) is 2.33. The number of nitrogens with one attached hydrogen (secondary N) is 1. The van der Waals surface area contributed by atoms with Crippen molar-refractivity contribution in [1.82, 2.24) is 9.88 Å². The Morgan fingerprint density at radius 3 is 2.32 bits per heavy atom. The van der Waals surface area contributed by atoms with Gasteiger partial charge in [-0.2, -0.15) is 0 Å². The molecule has 5 nitrogen and oxygen atoms in total. The number of aromatic nitrogens is 1. The Hall–Kier alpha value is -1.66. The van der Waals surface area contributed by atoms with Gasteiger partial charge in [0.05, 0.1) is 0 Å². The number of aryl methyl sites for hydroxylation is 2. The van der Waals surface area contributed by atoms with Gasteiger partial charge in [0.2, 0.25) is 10.0 Å². The summed E-state index contributed by atoms with van der Waals surface area (Å²) in [6.07, 6.45) is 0.640. The zero-order valence-corrected chi connectivity index (χ0v) is 14.2. The third kappa shape index (κ3) is 3.75. The van der Waals surface area contributed by atoms with Crippen LogP contribution in [0.3, 0.4) is 0 Å². The normalized spacial score (nSPS) is 12.0. The molecule has 0 saturated carbocycles. The SMILES string of the molecule is Cc1noc(C)c1S(=O)(=O)NCCc1ccc(C(C)C)cc1. The number of rotatable bonds is 6. The molecule has 0 bridgehead atoms. The van der Waals surface area contributed by atoms with Gasteiger partial charge in [0, 0.05) is 6.54 Å². The van der Waals surface area contributed by atoms with Crippen LogP contribution in [-0.4, -0.2) is 20.1 Å². The first-order chi connectivity index (χ1) is 10.3. The second-order valence-electron chi connectivity index (χ2n) is 5.70. The van der Waals surface area contributed by atoms with E-state index in [1.54, 1.807) is 13.8 Å². The number of hydrogen-bond acceptors (Lipinski definition) is 4. The molecule has 0 atom stereocenters. The third-order valence-electron chi connectivity index (χ3n) is 3.59. The van der Waals surface area contributed by atoms with Crippen molar-refractivity contribution < 1.29 is 12.9 Å². The van der Waals surface area contributed by atoms with Gasteiger partial charge >= 0.3 is 0 Å². The van der Waals surface area contributed by atoms with Gasteiger partial charge < -0.3 is 4.52 Å². The molecule has 1 N–H and O–H groups in total. The van der Waals surface area contributed by atoms with Gasteiger partial charge in [0.25, 0.3) is 0 Å². The lowest BCUT2D eigenvalue weighted by Gasteiger charge is -2.08. The van der Waals surface area contributed by atoms with Gasteiger partial charge in [0.1, 0.15) is 10.6 Å². The Labute approximate surface area is 131 Å². The molecule has 0 aliphatic carbocycles. The maximum absolute atomic E-state index is 12.3. The monoisotopic (exact) mass is 322 g/mol. The van der Waals surface area contributed by atoms with Crippen LogP contribution < -0.4 is 4.72 Å². The van der Waals surface area contributed by atoms with Crippen LogP contribution in [0, 0.1) is 13.8 Å². The quantitative estimate of drug-likeness (QED) is 0.887. The molecular weight excluding hydrogens is 300 g/mol. The van der Waals surface area contributed by atoms with Crippen LogP contribution in [0.15, 0.2) is 33.7 Å². The van der Waals surface area contributed by atoms with E-state index in [2.05, 4.69) is 35.9 Å². The van der Waals surface area contributed by atoms with E-state index in [0.29, 0.717) is 30.3 Å². The van der Waals surface area contributed by atoms with Crippen LogP contribution in [0.4, 0.5) is 0 Å². The van der Waals surface area contributed by atoms with Gasteiger partial charge in [-0.15, -0.1) is 0 Å². The van der Waals surface area contributed by atoms with E-state index in [1.807, 2.05) is 12.1 Å². The van der Waals surface area contributed by atoms with E-state index in [4.69, 9.17) is 4.52 Å². The van der Waals surface area contributed by atoms with Crippen LogP contribution >= 0.6 is 0 Å². The summed E-state index contributed by atoms with van der Waals surface area (Å²) in [4.78, 5) is 0.141. The minimum Gasteiger partial charge on any atom is -0.360 e. The summed E-state index contributed by atoms with van der Waals surface area (Å²) in [7, 11) is -3.58. The fourth-order valence-corrected chi connectivity index (χ4v) is 3.69. The van der Waals surface area contributed by atoms with Gasteiger partial charge in [-0.1, -0.05) is 43.3 Å². The molecule has 0 aliphatic rings. The van der Waals surface area contributed by atoms with E-state index < -0.39 is 10.0 Å². The van der Waals surface area contributed by atoms with Crippen LogP contribution in [0.5, 0.6) is 0 Å². The second kappa shape index (κ2) is 6.62. The summed E-state index contributed by atoms with van der Waals surface area (Å²) < 4.78 is 32.0. The van der Waals surface area contributed by atoms with Crippen molar-refractivity contribution in [3.63, 3.8) is 0 Å². The highest BCUT2D eigenvalue weighted by Gasteiger charge is 2.23. The standard InChI is InChI=1S/C16H22N2O3S/c1-11(2)15-7-5-14(6-8-15)9-10-17-22(19,20)16-12(3)18-21-13(16)4/h5-8,11,17H,9-10H2,1-4H3. The molecule has 2 aromatic rings. The lowest BCUT2D eigenvalue weighted by Crippen LogP contribution is -2.26. The molecule has 120 valence electrons. The predicted molar refractivity (Wildman–Crippen MR) is 85.4 cm³/mol. The molecule has 0 spiro atoms. The lowest BCUT2D eigenvalue weighted by molar-refractivity contribution is 0.390. The molecule has 0 aliphatic heterocycles. The molecule has 2 rings (SSSR count). The average Bonchev–Trinajstić information content (AvgIpc) is 2.79. The molecule has 1 aromatic carbocycles. The summed E-state index contributed by atoms with van der Waals surface area (Å²) in [5, 5.41) is 3.68. The van der Waals surface area contributed by atoms with Crippen molar-refractivity contribution in [2.24, 2.45) is 0 Å². The first-order valence-electron chi connectivity index (χ1n) is 7.32. The summed E-state index contributed by atoms with van der Waals surface area (Å²) in [5.41, 5.74) is 2.76. The first-order valence-corrected chi connectivity index (χ1v) is 8.81. The van der Waals surface area contributed by atoms with Gasteiger partial charge in [-0.25, -0.2) is 13.1 Å². The summed E-state index contributed by atoms with van der Waals surface area (Å²) in [6, 6.07) is 8.25. The third-order valence-corrected chi connectivity index (χ3v) is 5.29. The molecule has 0 saturated heterocycles. The Morgan fingerprint density at radius 2 is 1.82 bits per heavy atom. The van der Waals surface area contributed by atoms with Crippen molar-refractivity contribution in [1.29, 1.82) is 0 Å². The Bertz CT molecular complexity index is 712. The number of benzene rings is 1. The van der Waals surface area contributed by atoms with Gasteiger partial charge in [0.15, 0.2) is 5.76 Å². The lowest BCUT2D eigenvalue weighted by atomic mass is 10.0. The molecule has 6 heteroatoms. The van der Waals surface area contributed by atoms with E-state index in [0.717, 1.165) is 5.56 Å². The summed E-state index contributed by atoms with van der Waals surface area (Å²) in [5.74, 6) is 0.804. The highest BCUT2D eigenvalue weighted by Crippen LogP contribution is 2.18. The second-order valence-corrected chi connectivity index (χ2v) is 7.40. The van der Waals surface area contributed by atoms with E-state index >= 15 is 0 Å². The highest BCUT2D eigenvalue weighted by atomic mass is 32.2. The highest BCUT2D eigenvalue weighted by molar-refractivity contribution is 7.89. The summed E-state index contributed by atoms with van der Waals surface area (Å²) >= 11 is 0. The zero-order valence-electron chi connectivity index (χ0n) is 13.4. The van der Waals surface area contributed by atoms with Crippen molar-refractivity contribution >= 4 is 10.0 Å². The molecule has 0 amide bonds. The van der Waals surface area contributed by atoms with Gasteiger partial charge in [-0.3, -0.25) is 0 Å². The van der Waals surface area contributed by atoms with Crippen LogP contribution in [0.1, 0.15) is 42.3 Å². The molecule has 1 heterocycles. The van der Waals surface area contributed by atoms with Crippen LogP contribution in [-0.2, 0) is 16.4 Å². The molecule has 0 radical (unpaired) electrons. The van der Waals surface area contributed by atoms with Crippen molar-refractivity contribution in [2.45, 2.75) is 44.9 Å².